The zero-order valence-electron chi connectivity index (χ0n) is 12.5. The van der Waals surface area contributed by atoms with Crippen molar-refractivity contribution in [2.75, 3.05) is 0 Å². The molecule has 1 aliphatic rings. The van der Waals surface area contributed by atoms with Crippen LogP contribution in [0.15, 0.2) is 54.1 Å². The number of aryl methyl sites for hydroxylation is 1. The van der Waals surface area contributed by atoms with E-state index in [-0.39, 0.29) is 5.57 Å². The summed E-state index contributed by atoms with van der Waals surface area (Å²) in [7, 11) is 0. The summed E-state index contributed by atoms with van der Waals surface area (Å²) < 4.78 is 0. The van der Waals surface area contributed by atoms with Crippen molar-refractivity contribution in [3.8, 4) is 18.2 Å². The molecule has 2 aromatic carbocycles. The Kier molecular flexibility index (Phi) is 3.52. The molecule has 3 rings (SSSR count). The maximum atomic E-state index is 9.65. The first kappa shape index (κ1) is 14.3. The number of benzene rings is 2. The average molecular weight is 293 g/mol. The van der Waals surface area contributed by atoms with E-state index in [0.29, 0.717) is 16.7 Å². The SMILES string of the molecule is Cc1ccc(C2=C(C#N)c3ccccc3C2=C(C#N)C#N)cc1. The molecular weight excluding hydrogens is 282 g/mol. The predicted molar refractivity (Wildman–Crippen MR) is 88.2 cm³/mol. The molecule has 0 fully saturated rings. The van der Waals surface area contributed by atoms with Crippen molar-refractivity contribution in [2.24, 2.45) is 0 Å². The summed E-state index contributed by atoms with van der Waals surface area (Å²) in [5.74, 6) is 0. The normalized spacial score (nSPS) is 12.2. The van der Waals surface area contributed by atoms with Gasteiger partial charge in [0.1, 0.15) is 23.8 Å². The molecule has 23 heavy (non-hydrogen) atoms. The van der Waals surface area contributed by atoms with Crippen LogP contribution in [-0.4, -0.2) is 0 Å². The maximum absolute atomic E-state index is 9.65. The van der Waals surface area contributed by atoms with E-state index in [1.54, 1.807) is 0 Å². The number of allylic oxidation sites excluding steroid dienone is 4. The predicted octanol–water partition coefficient (Wildman–Crippen LogP) is 4.24. The minimum absolute atomic E-state index is 0.0262. The van der Waals surface area contributed by atoms with Crippen molar-refractivity contribution in [3.05, 3.63) is 76.4 Å². The molecule has 3 heteroatoms. The Morgan fingerprint density at radius 3 is 2.00 bits per heavy atom. The molecule has 0 radical (unpaired) electrons. The van der Waals surface area contributed by atoms with Crippen LogP contribution in [0.1, 0.15) is 22.3 Å². The van der Waals surface area contributed by atoms with Crippen molar-refractivity contribution in [1.29, 1.82) is 15.8 Å². The van der Waals surface area contributed by atoms with E-state index in [1.165, 1.54) is 0 Å². The first-order valence-corrected chi connectivity index (χ1v) is 7.07. The van der Waals surface area contributed by atoms with Crippen LogP contribution in [0, 0.1) is 40.9 Å². The van der Waals surface area contributed by atoms with Crippen molar-refractivity contribution < 1.29 is 0 Å². The van der Waals surface area contributed by atoms with Crippen LogP contribution in [0.25, 0.3) is 16.7 Å². The molecule has 0 aliphatic heterocycles. The molecule has 2 aromatic rings. The van der Waals surface area contributed by atoms with Gasteiger partial charge in [0.15, 0.2) is 0 Å². The number of nitrogens with zero attached hydrogens (tertiary/aromatic N) is 3. The van der Waals surface area contributed by atoms with Crippen molar-refractivity contribution in [3.63, 3.8) is 0 Å². The number of fused-ring (bicyclic) bond motifs is 1. The van der Waals surface area contributed by atoms with Crippen LogP contribution in [0.5, 0.6) is 0 Å². The zero-order chi connectivity index (χ0) is 16.4. The molecule has 0 bridgehead atoms. The zero-order valence-corrected chi connectivity index (χ0v) is 12.5. The van der Waals surface area contributed by atoms with Crippen molar-refractivity contribution >= 4 is 16.7 Å². The number of nitriles is 3. The van der Waals surface area contributed by atoms with Gasteiger partial charge in [-0.25, -0.2) is 0 Å². The summed E-state index contributed by atoms with van der Waals surface area (Å²) >= 11 is 0. The van der Waals surface area contributed by atoms with Crippen LogP contribution in [0.2, 0.25) is 0 Å². The van der Waals surface area contributed by atoms with Gasteiger partial charge in [-0.3, -0.25) is 0 Å². The monoisotopic (exact) mass is 293 g/mol. The van der Waals surface area contributed by atoms with Crippen LogP contribution < -0.4 is 0 Å². The van der Waals surface area contributed by atoms with E-state index < -0.39 is 0 Å². The Labute approximate surface area is 134 Å². The highest BCUT2D eigenvalue weighted by Crippen LogP contribution is 2.47. The van der Waals surface area contributed by atoms with Crippen molar-refractivity contribution in [1.82, 2.24) is 0 Å². The van der Waals surface area contributed by atoms with Gasteiger partial charge in [0, 0.05) is 16.7 Å². The minimum atomic E-state index is 0.0262. The topological polar surface area (TPSA) is 71.4 Å². The van der Waals surface area contributed by atoms with Gasteiger partial charge in [0.25, 0.3) is 0 Å². The summed E-state index contributed by atoms with van der Waals surface area (Å²) in [6.45, 7) is 1.99. The number of hydrogen-bond donors (Lipinski definition) is 0. The van der Waals surface area contributed by atoms with Gasteiger partial charge in [-0.1, -0.05) is 54.1 Å². The molecule has 0 aromatic heterocycles. The fraction of sp³-hybridized carbons (Fsp3) is 0.0500. The lowest BCUT2D eigenvalue weighted by atomic mass is 9.92. The first-order valence-electron chi connectivity index (χ1n) is 7.07. The maximum Gasteiger partial charge on any atom is 0.138 e. The van der Waals surface area contributed by atoms with Gasteiger partial charge < -0.3 is 0 Å². The van der Waals surface area contributed by atoms with Crippen LogP contribution in [0.3, 0.4) is 0 Å². The van der Waals surface area contributed by atoms with E-state index in [0.717, 1.165) is 22.3 Å². The Morgan fingerprint density at radius 2 is 1.43 bits per heavy atom. The average Bonchev–Trinajstić information content (AvgIpc) is 2.91. The number of rotatable bonds is 1. The third kappa shape index (κ3) is 2.20. The fourth-order valence-electron chi connectivity index (χ4n) is 2.83. The molecule has 0 amide bonds. The Morgan fingerprint density at radius 1 is 0.826 bits per heavy atom. The van der Waals surface area contributed by atoms with E-state index in [4.69, 9.17) is 0 Å². The van der Waals surface area contributed by atoms with Gasteiger partial charge in [0.05, 0.1) is 5.57 Å². The van der Waals surface area contributed by atoms with Crippen LogP contribution >= 0.6 is 0 Å². The van der Waals surface area contributed by atoms with E-state index >= 15 is 0 Å². The highest BCUT2D eigenvalue weighted by Gasteiger charge is 2.29. The van der Waals surface area contributed by atoms with Gasteiger partial charge >= 0.3 is 0 Å². The molecular formula is C20H11N3. The Bertz CT molecular complexity index is 969. The van der Waals surface area contributed by atoms with Gasteiger partial charge in [-0.05, 0) is 18.1 Å². The lowest BCUT2D eigenvalue weighted by Crippen LogP contribution is -1.91. The third-order valence-corrected chi connectivity index (χ3v) is 3.89. The van der Waals surface area contributed by atoms with Crippen LogP contribution in [0.4, 0.5) is 0 Å². The summed E-state index contributed by atoms with van der Waals surface area (Å²) in [4.78, 5) is 0. The molecule has 3 nitrogen and oxygen atoms in total. The molecule has 0 atom stereocenters. The molecule has 0 saturated carbocycles. The molecule has 0 spiro atoms. The Balaban J connectivity index is 2.42. The molecule has 0 unspecified atom stereocenters. The lowest BCUT2D eigenvalue weighted by Gasteiger charge is -2.08. The summed E-state index contributed by atoms with van der Waals surface area (Å²) in [5.41, 5.74) is 5.20. The highest BCUT2D eigenvalue weighted by molar-refractivity contribution is 6.25. The fourth-order valence-corrected chi connectivity index (χ4v) is 2.83. The molecule has 0 heterocycles. The molecule has 0 saturated heterocycles. The van der Waals surface area contributed by atoms with Crippen molar-refractivity contribution in [2.45, 2.75) is 6.92 Å². The second kappa shape index (κ2) is 5.64. The van der Waals surface area contributed by atoms with E-state index in [2.05, 4.69) is 6.07 Å². The second-order valence-corrected chi connectivity index (χ2v) is 5.25. The Hall–Kier alpha value is -3.61. The van der Waals surface area contributed by atoms with Gasteiger partial charge in [0.2, 0.25) is 0 Å². The smallest absolute Gasteiger partial charge is 0.138 e. The largest absolute Gasteiger partial charge is 0.192 e. The molecule has 1 aliphatic carbocycles. The second-order valence-electron chi connectivity index (χ2n) is 5.25. The third-order valence-electron chi connectivity index (χ3n) is 3.89. The minimum Gasteiger partial charge on any atom is -0.192 e. The van der Waals surface area contributed by atoms with Gasteiger partial charge in [-0.15, -0.1) is 0 Å². The van der Waals surface area contributed by atoms with E-state index in [1.807, 2.05) is 67.6 Å². The summed E-state index contributed by atoms with van der Waals surface area (Å²) in [5, 5.41) is 28.3. The summed E-state index contributed by atoms with van der Waals surface area (Å²) in [6, 6.07) is 21.3. The highest BCUT2D eigenvalue weighted by atomic mass is 14.4. The number of hydrogen-bond acceptors (Lipinski definition) is 3. The molecule has 106 valence electrons. The standard InChI is InChI=1S/C20H11N3/c1-13-6-8-14(9-7-13)19-18(12-23)16-4-2-3-5-17(16)20(19)15(10-21)11-22/h2-9H,1H3. The van der Waals surface area contributed by atoms with Crippen LogP contribution in [-0.2, 0) is 0 Å². The molecule has 0 N–H and O–H groups in total. The van der Waals surface area contributed by atoms with Gasteiger partial charge in [-0.2, -0.15) is 15.8 Å². The lowest BCUT2D eigenvalue weighted by molar-refractivity contribution is 1.45. The summed E-state index contributed by atoms with van der Waals surface area (Å²) in [6.07, 6.45) is 0. The first-order chi connectivity index (χ1) is 11.2. The van der Waals surface area contributed by atoms with E-state index in [9.17, 15) is 15.8 Å². The quantitative estimate of drug-likeness (QED) is 0.738.